The molecule has 7 nitrogen and oxygen atoms in total. The van der Waals surface area contributed by atoms with Gasteiger partial charge in [0, 0.05) is 62.9 Å². The smallest absolute Gasteiger partial charge is 0.291 e. The molecule has 1 aliphatic rings. The fourth-order valence-corrected chi connectivity index (χ4v) is 3.37. The highest BCUT2D eigenvalue weighted by atomic mass is 16.2. The van der Waals surface area contributed by atoms with Crippen LogP contribution in [0.5, 0.6) is 0 Å². The second-order valence-electron chi connectivity index (χ2n) is 7.60. The van der Waals surface area contributed by atoms with Crippen LogP contribution in [-0.4, -0.2) is 59.0 Å². The first-order chi connectivity index (χ1) is 13.4. The number of rotatable bonds is 6. The van der Waals surface area contributed by atoms with Gasteiger partial charge >= 0.3 is 0 Å². The molecule has 28 heavy (non-hydrogen) atoms. The number of hydrogen-bond acceptors (Lipinski definition) is 6. The number of aromatic nitrogens is 3. The molecule has 1 aliphatic heterocycles. The Hall–Kier alpha value is -2.54. The van der Waals surface area contributed by atoms with Crippen molar-refractivity contribution in [2.45, 2.75) is 46.2 Å². The van der Waals surface area contributed by atoms with Crippen molar-refractivity contribution in [2.75, 3.05) is 32.1 Å². The fraction of sp³-hybridized carbons (Fsp3) is 0.524. The lowest BCUT2D eigenvalue weighted by molar-refractivity contribution is 0.0815. The van der Waals surface area contributed by atoms with E-state index in [1.165, 1.54) is 10.5 Å². The summed E-state index contributed by atoms with van der Waals surface area (Å²) in [4.78, 5) is 29.5. The predicted octanol–water partition coefficient (Wildman–Crippen LogP) is 2.12. The summed E-state index contributed by atoms with van der Waals surface area (Å²) in [5.74, 6) is 0.971. The molecule has 0 aromatic carbocycles. The normalized spacial score (nSPS) is 16.5. The Labute approximate surface area is 167 Å². The number of aryl methyl sites for hydroxylation is 2. The Kier molecular flexibility index (Phi) is 6.24. The van der Waals surface area contributed by atoms with E-state index in [1.54, 1.807) is 14.1 Å². The maximum Gasteiger partial charge on any atom is 0.291 e. The third-order valence-electron chi connectivity index (χ3n) is 5.29. The Balaban J connectivity index is 1.66. The van der Waals surface area contributed by atoms with Crippen molar-refractivity contribution >= 4 is 11.7 Å². The highest BCUT2D eigenvalue weighted by Gasteiger charge is 2.26. The molecule has 1 atom stereocenters. The Bertz CT molecular complexity index is 834. The molecule has 7 heteroatoms. The molecule has 3 heterocycles. The first-order valence-corrected chi connectivity index (χ1v) is 9.88. The van der Waals surface area contributed by atoms with Gasteiger partial charge < -0.3 is 15.1 Å². The van der Waals surface area contributed by atoms with E-state index in [1.807, 2.05) is 20.0 Å². The molecule has 1 N–H and O–H groups in total. The van der Waals surface area contributed by atoms with Crippen molar-refractivity contribution in [3.63, 3.8) is 0 Å². The largest absolute Gasteiger partial charge is 0.355 e. The number of nitrogens with one attached hydrogen (secondary N) is 1. The molecule has 150 valence electrons. The molecule has 0 aliphatic carbocycles. The van der Waals surface area contributed by atoms with Gasteiger partial charge in [-0.3, -0.25) is 9.78 Å². The van der Waals surface area contributed by atoms with Gasteiger partial charge in [0.25, 0.3) is 5.91 Å². The second kappa shape index (κ2) is 8.65. The van der Waals surface area contributed by atoms with Gasteiger partial charge in [0.15, 0.2) is 0 Å². The summed E-state index contributed by atoms with van der Waals surface area (Å²) in [6, 6.07) is 4.62. The van der Waals surface area contributed by atoms with Gasteiger partial charge in [0.1, 0.15) is 5.82 Å². The molecule has 1 saturated heterocycles. The summed E-state index contributed by atoms with van der Waals surface area (Å²) >= 11 is 0. The van der Waals surface area contributed by atoms with Crippen LogP contribution >= 0.6 is 0 Å². The van der Waals surface area contributed by atoms with Crippen LogP contribution in [-0.2, 0) is 13.0 Å². The zero-order valence-corrected chi connectivity index (χ0v) is 17.5. The number of anilines is 1. The van der Waals surface area contributed by atoms with E-state index in [-0.39, 0.29) is 11.7 Å². The monoisotopic (exact) mass is 382 g/mol. The topological polar surface area (TPSA) is 74.2 Å². The molecule has 3 rings (SSSR count). The third kappa shape index (κ3) is 4.47. The Morgan fingerprint density at radius 1 is 1.29 bits per heavy atom. The number of pyridine rings is 1. The molecule has 0 radical (unpaired) electrons. The molecule has 2 aromatic heterocycles. The van der Waals surface area contributed by atoms with E-state index in [0.717, 1.165) is 55.2 Å². The molecule has 0 spiro atoms. The number of hydrogen-bond donors (Lipinski definition) is 1. The summed E-state index contributed by atoms with van der Waals surface area (Å²) in [5, 5.41) is 3.62. The molecule has 1 fully saturated rings. The lowest BCUT2D eigenvalue weighted by atomic mass is 10.2. The lowest BCUT2D eigenvalue weighted by Crippen LogP contribution is -2.33. The third-order valence-corrected chi connectivity index (χ3v) is 5.29. The van der Waals surface area contributed by atoms with E-state index in [0.29, 0.717) is 6.04 Å². The number of nitrogens with zero attached hydrogens (tertiary/aromatic N) is 5. The number of amides is 1. The molecule has 1 amide bonds. The maximum absolute atomic E-state index is 12.3. The van der Waals surface area contributed by atoms with Crippen molar-refractivity contribution in [1.29, 1.82) is 0 Å². The van der Waals surface area contributed by atoms with Crippen LogP contribution in [0.2, 0.25) is 0 Å². The zero-order chi connectivity index (χ0) is 20.3. The highest BCUT2D eigenvalue weighted by Crippen LogP contribution is 2.24. The Morgan fingerprint density at radius 2 is 2.07 bits per heavy atom. The van der Waals surface area contributed by atoms with Crippen molar-refractivity contribution in [3.8, 4) is 0 Å². The van der Waals surface area contributed by atoms with Crippen molar-refractivity contribution in [3.05, 3.63) is 46.7 Å². The quantitative estimate of drug-likeness (QED) is 0.825. The predicted molar refractivity (Wildman–Crippen MR) is 111 cm³/mol. The van der Waals surface area contributed by atoms with Gasteiger partial charge in [0.2, 0.25) is 5.82 Å². The van der Waals surface area contributed by atoms with Gasteiger partial charge in [-0.25, -0.2) is 9.97 Å². The number of carbonyl (C=O) groups excluding carboxylic acids is 1. The highest BCUT2D eigenvalue weighted by molar-refractivity contribution is 5.90. The Morgan fingerprint density at radius 3 is 2.71 bits per heavy atom. The molecule has 2 aromatic rings. The molecule has 0 bridgehead atoms. The van der Waals surface area contributed by atoms with Crippen LogP contribution in [0, 0.1) is 13.8 Å². The van der Waals surface area contributed by atoms with E-state index in [4.69, 9.17) is 0 Å². The summed E-state index contributed by atoms with van der Waals surface area (Å²) in [6.07, 6.45) is 3.96. The van der Waals surface area contributed by atoms with Gasteiger partial charge in [-0.05, 0) is 38.3 Å². The lowest BCUT2D eigenvalue weighted by Gasteiger charge is -2.22. The minimum Gasteiger partial charge on any atom is -0.355 e. The van der Waals surface area contributed by atoms with Gasteiger partial charge in [-0.1, -0.05) is 13.0 Å². The minimum atomic E-state index is -0.166. The van der Waals surface area contributed by atoms with E-state index in [2.05, 4.69) is 44.2 Å². The van der Waals surface area contributed by atoms with Gasteiger partial charge in [-0.2, -0.15) is 0 Å². The standard InChI is InChI=1S/C21H30N6O/c1-6-17-8-7-16(11-22-17)12-23-18-9-10-27(13-18)20-14(2)15(3)24-19(25-20)21(28)26(4)5/h7-8,11,18,23H,6,9-10,12-13H2,1-5H3/t18-/m1/s1. The van der Waals surface area contributed by atoms with E-state index < -0.39 is 0 Å². The van der Waals surface area contributed by atoms with Crippen molar-refractivity contribution in [1.82, 2.24) is 25.2 Å². The SMILES string of the molecule is CCc1ccc(CN[C@@H]2CCN(c3nc(C(=O)N(C)C)nc(C)c3C)C2)cn1. The summed E-state index contributed by atoms with van der Waals surface area (Å²) < 4.78 is 0. The first kappa shape index (κ1) is 20.2. The van der Waals surface area contributed by atoms with Gasteiger partial charge in [0.05, 0.1) is 0 Å². The average Bonchev–Trinajstić information content (AvgIpc) is 3.16. The van der Waals surface area contributed by atoms with Gasteiger partial charge in [-0.15, -0.1) is 0 Å². The second-order valence-corrected chi connectivity index (χ2v) is 7.60. The van der Waals surface area contributed by atoms with E-state index >= 15 is 0 Å². The zero-order valence-electron chi connectivity index (χ0n) is 17.5. The molecular formula is C21H30N6O. The number of carbonyl (C=O) groups is 1. The van der Waals surface area contributed by atoms with Crippen molar-refractivity contribution in [2.24, 2.45) is 0 Å². The van der Waals surface area contributed by atoms with Crippen LogP contribution < -0.4 is 10.2 Å². The van der Waals surface area contributed by atoms with Crippen LogP contribution in [0.3, 0.4) is 0 Å². The fourth-order valence-electron chi connectivity index (χ4n) is 3.37. The van der Waals surface area contributed by atoms with E-state index in [9.17, 15) is 4.79 Å². The molecule has 0 saturated carbocycles. The summed E-state index contributed by atoms with van der Waals surface area (Å²) in [7, 11) is 3.44. The molecule has 0 unspecified atom stereocenters. The van der Waals surface area contributed by atoms with Crippen LogP contribution in [0.25, 0.3) is 0 Å². The summed E-state index contributed by atoms with van der Waals surface area (Å²) in [5.41, 5.74) is 4.21. The summed E-state index contributed by atoms with van der Waals surface area (Å²) in [6.45, 7) is 8.66. The molecular weight excluding hydrogens is 352 g/mol. The van der Waals surface area contributed by atoms with Crippen LogP contribution in [0.15, 0.2) is 18.3 Å². The van der Waals surface area contributed by atoms with Crippen LogP contribution in [0.4, 0.5) is 5.82 Å². The minimum absolute atomic E-state index is 0.166. The van der Waals surface area contributed by atoms with Crippen LogP contribution in [0.1, 0.15) is 46.5 Å². The maximum atomic E-state index is 12.3. The first-order valence-electron chi connectivity index (χ1n) is 9.88. The average molecular weight is 383 g/mol. The van der Waals surface area contributed by atoms with Crippen molar-refractivity contribution < 1.29 is 4.79 Å².